The summed E-state index contributed by atoms with van der Waals surface area (Å²) < 4.78 is 0. The molecule has 1 aromatic heterocycles. The molecule has 3 N–H and O–H groups in total. The number of anilines is 1. The van der Waals surface area contributed by atoms with E-state index in [1.165, 1.54) is 23.7 Å². The van der Waals surface area contributed by atoms with Crippen molar-refractivity contribution in [1.29, 1.82) is 0 Å². The summed E-state index contributed by atoms with van der Waals surface area (Å²) in [6, 6.07) is 12.3. The van der Waals surface area contributed by atoms with Crippen molar-refractivity contribution in [3.63, 3.8) is 0 Å². The van der Waals surface area contributed by atoms with Gasteiger partial charge in [-0.3, -0.25) is 4.79 Å². The van der Waals surface area contributed by atoms with Gasteiger partial charge in [0.25, 0.3) is 0 Å². The first-order valence-electron chi connectivity index (χ1n) is 6.84. The summed E-state index contributed by atoms with van der Waals surface area (Å²) in [4.78, 5) is 15.3. The fourth-order valence-corrected chi connectivity index (χ4v) is 2.71. The molecule has 2 aromatic rings. The summed E-state index contributed by atoms with van der Waals surface area (Å²) in [6.45, 7) is 0. The Labute approximate surface area is 118 Å². The molecule has 0 bridgehead atoms. The van der Waals surface area contributed by atoms with Crippen LogP contribution in [0.4, 0.5) is 5.82 Å². The minimum atomic E-state index is -0.452. The molecule has 1 unspecified atom stereocenters. The molecule has 1 aromatic carbocycles. The highest BCUT2D eigenvalue weighted by Crippen LogP contribution is 2.31. The van der Waals surface area contributed by atoms with Crippen molar-refractivity contribution in [1.82, 2.24) is 4.98 Å². The Morgan fingerprint density at radius 2 is 2.10 bits per heavy atom. The highest BCUT2D eigenvalue weighted by Gasteiger charge is 2.19. The van der Waals surface area contributed by atoms with Crippen LogP contribution in [0.15, 0.2) is 42.6 Å². The summed E-state index contributed by atoms with van der Waals surface area (Å²) in [6.07, 6.45) is 4.92. The Morgan fingerprint density at radius 1 is 1.25 bits per heavy atom. The minimum absolute atomic E-state index is 0.284. The number of nitrogens with zero attached hydrogens (tertiary/aromatic N) is 1. The molecule has 3 rings (SSSR count). The smallest absolute Gasteiger partial charge is 0.250 e. The van der Waals surface area contributed by atoms with Gasteiger partial charge >= 0.3 is 0 Å². The molecule has 0 saturated heterocycles. The van der Waals surface area contributed by atoms with Crippen molar-refractivity contribution in [3.8, 4) is 0 Å². The Hall–Kier alpha value is -2.36. The number of nitrogens with one attached hydrogen (secondary N) is 1. The van der Waals surface area contributed by atoms with Crippen molar-refractivity contribution in [2.24, 2.45) is 5.73 Å². The topological polar surface area (TPSA) is 68.0 Å². The van der Waals surface area contributed by atoms with Crippen LogP contribution in [0.2, 0.25) is 0 Å². The maximum atomic E-state index is 11.0. The molecular weight excluding hydrogens is 250 g/mol. The van der Waals surface area contributed by atoms with Crippen LogP contribution in [0.25, 0.3) is 0 Å². The van der Waals surface area contributed by atoms with Crippen LogP contribution in [0.5, 0.6) is 0 Å². The number of amides is 1. The van der Waals surface area contributed by atoms with E-state index in [1.54, 1.807) is 12.1 Å². The van der Waals surface area contributed by atoms with Gasteiger partial charge in [0.2, 0.25) is 5.91 Å². The molecule has 20 heavy (non-hydrogen) atoms. The largest absolute Gasteiger partial charge is 0.366 e. The van der Waals surface area contributed by atoms with E-state index in [0.29, 0.717) is 5.56 Å². The maximum absolute atomic E-state index is 11.0. The van der Waals surface area contributed by atoms with Gasteiger partial charge in [-0.15, -0.1) is 0 Å². The summed E-state index contributed by atoms with van der Waals surface area (Å²) in [5, 5.41) is 3.44. The average molecular weight is 267 g/mol. The van der Waals surface area contributed by atoms with Crippen LogP contribution >= 0.6 is 0 Å². The normalized spacial score (nSPS) is 17.3. The third kappa shape index (κ3) is 2.50. The quantitative estimate of drug-likeness (QED) is 0.898. The van der Waals surface area contributed by atoms with E-state index in [0.717, 1.165) is 18.7 Å². The number of nitrogens with two attached hydrogens (primary N) is 1. The molecule has 0 saturated carbocycles. The van der Waals surface area contributed by atoms with E-state index >= 15 is 0 Å². The lowest BCUT2D eigenvalue weighted by molar-refractivity contribution is 0.1000. The second kappa shape index (κ2) is 5.33. The molecule has 0 fully saturated rings. The first-order chi connectivity index (χ1) is 9.74. The predicted octanol–water partition coefficient (Wildman–Crippen LogP) is 2.67. The van der Waals surface area contributed by atoms with Crippen molar-refractivity contribution in [3.05, 3.63) is 59.3 Å². The number of aryl methyl sites for hydroxylation is 1. The zero-order chi connectivity index (χ0) is 13.9. The van der Waals surface area contributed by atoms with Crippen LogP contribution in [0.1, 0.15) is 40.4 Å². The number of pyridine rings is 1. The molecule has 4 heteroatoms. The molecule has 1 aliphatic carbocycles. The highest BCUT2D eigenvalue weighted by molar-refractivity contribution is 5.92. The number of aromatic nitrogens is 1. The minimum Gasteiger partial charge on any atom is -0.366 e. The Morgan fingerprint density at radius 3 is 2.85 bits per heavy atom. The molecule has 0 aliphatic heterocycles. The third-order valence-corrected chi connectivity index (χ3v) is 3.74. The van der Waals surface area contributed by atoms with Crippen LogP contribution in [-0.4, -0.2) is 10.9 Å². The van der Waals surface area contributed by atoms with E-state index in [1.807, 2.05) is 0 Å². The molecule has 1 aliphatic rings. The van der Waals surface area contributed by atoms with Crippen LogP contribution in [-0.2, 0) is 6.42 Å². The molecule has 102 valence electrons. The number of carbonyl (C=O) groups excluding carboxylic acids is 1. The van der Waals surface area contributed by atoms with Crippen LogP contribution in [0.3, 0.4) is 0 Å². The number of hydrogen-bond donors (Lipinski definition) is 2. The van der Waals surface area contributed by atoms with Gasteiger partial charge in [0.05, 0.1) is 11.6 Å². The van der Waals surface area contributed by atoms with E-state index in [4.69, 9.17) is 5.73 Å². The van der Waals surface area contributed by atoms with Crippen LogP contribution < -0.4 is 11.1 Å². The second-order valence-corrected chi connectivity index (χ2v) is 5.08. The third-order valence-electron chi connectivity index (χ3n) is 3.74. The predicted molar refractivity (Wildman–Crippen MR) is 78.5 cm³/mol. The summed E-state index contributed by atoms with van der Waals surface area (Å²) in [5.74, 6) is 0.323. The first-order valence-corrected chi connectivity index (χ1v) is 6.84. The number of carbonyl (C=O) groups is 1. The molecule has 0 radical (unpaired) electrons. The summed E-state index contributed by atoms with van der Waals surface area (Å²) in [7, 11) is 0. The van der Waals surface area contributed by atoms with Crippen molar-refractivity contribution in [2.75, 3.05) is 5.32 Å². The van der Waals surface area contributed by atoms with E-state index < -0.39 is 5.91 Å². The van der Waals surface area contributed by atoms with Gasteiger partial charge in [-0.1, -0.05) is 24.3 Å². The Kier molecular flexibility index (Phi) is 3.37. The zero-order valence-corrected chi connectivity index (χ0v) is 11.2. The van der Waals surface area contributed by atoms with Gasteiger partial charge in [-0.05, 0) is 42.5 Å². The lowest BCUT2D eigenvalue weighted by atomic mass is 9.88. The van der Waals surface area contributed by atoms with Crippen LogP contribution in [0, 0.1) is 0 Å². The number of benzene rings is 1. The van der Waals surface area contributed by atoms with Gasteiger partial charge in [0.15, 0.2) is 0 Å². The molecule has 4 nitrogen and oxygen atoms in total. The van der Waals surface area contributed by atoms with E-state index in [9.17, 15) is 4.79 Å². The van der Waals surface area contributed by atoms with Crippen molar-refractivity contribution < 1.29 is 4.79 Å². The molecule has 1 heterocycles. The molecular formula is C16H17N3O. The van der Waals surface area contributed by atoms with Gasteiger partial charge in [0, 0.05) is 6.20 Å². The fraction of sp³-hybridized carbons (Fsp3) is 0.250. The Balaban J connectivity index is 1.80. The lowest BCUT2D eigenvalue weighted by Gasteiger charge is -2.26. The number of rotatable bonds is 3. The maximum Gasteiger partial charge on any atom is 0.250 e. The Bertz CT molecular complexity index is 622. The van der Waals surface area contributed by atoms with Gasteiger partial charge in [-0.2, -0.15) is 0 Å². The highest BCUT2D eigenvalue weighted by atomic mass is 16.1. The fourth-order valence-electron chi connectivity index (χ4n) is 2.71. The second-order valence-electron chi connectivity index (χ2n) is 5.08. The van der Waals surface area contributed by atoms with E-state index in [2.05, 4.69) is 34.6 Å². The summed E-state index contributed by atoms with van der Waals surface area (Å²) in [5.41, 5.74) is 8.40. The summed E-state index contributed by atoms with van der Waals surface area (Å²) >= 11 is 0. The monoisotopic (exact) mass is 267 g/mol. The molecule has 1 amide bonds. The standard InChI is InChI=1S/C16H17N3O/c17-16(20)12-8-9-15(18-10-12)19-14-7-3-5-11-4-1-2-6-13(11)14/h1-2,4,6,8-10,14H,3,5,7H2,(H2,17,20)(H,18,19). The molecule has 1 atom stereocenters. The van der Waals surface area contributed by atoms with E-state index in [-0.39, 0.29) is 6.04 Å². The number of fused-ring (bicyclic) bond motifs is 1. The van der Waals surface area contributed by atoms with Gasteiger partial charge in [0.1, 0.15) is 5.82 Å². The first kappa shape index (κ1) is 12.7. The van der Waals surface area contributed by atoms with Crippen molar-refractivity contribution >= 4 is 11.7 Å². The average Bonchev–Trinajstić information content (AvgIpc) is 2.48. The zero-order valence-electron chi connectivity index (χ0n) is 11.2. The lowest BCUT2D eigenvalue weighted by Crippen LogP contribution is -2.18. The number of primary amides is 1. The molecule has 0 spiro atoms. The SMILES string of the molecule is NC(=O)c1ccc(NC2CCCc3ccccc32)nc1. The van der Waals surface area contributed by atoms with Crippen molar-refractivity contribution in [2.45, 2.75) is 25.3 Å². The van der Waals surface area contributed by atoms with Gasteiger partial charge in [-0.25, -0.2) is 4.98 Å². The van der Waals surface area contributed by atoms with Gasteiger partial charge < -0.3 is 11.1 Å². The number of hydrogen-bond acceptors (Lipinski definition) is 3.